The van der Waals surface area contributed by atoms with Crippen molar-refractivity contribution in [2.45, 2.75) is 26.9 Å². The third-order valence-corrected chi connectivity index (χ3v) is 4.48. The second kappa shape index (κ2) is 8.18. The van der Waals surface area contributed by atoms with Crippen LogP contribution in [0.2, 0.25) is 0 Å². The van der Waals surface area contributed by atoms with E-state index in [0.717, 1.165) is 23.2 Å². The Bertz CT molecular complexity index is 907. The predicted octanol–water partition coefficient (Wildman–Crippen LogP) is 3.95. The first kappa shape index (κ1) is 18.9. The molecule has 27 heavy (non-hydrogen) atoms. The van der Waals surface area contributed by atoms with E-state index in [-0.39, 0.29) is 5.91 Å². The number of hydrogen-bond acceptors (Lipinski definition) is 4. The van der Waals surface area contributed by atoms with Crippen molar-refractivity contribution in [3.05, 3.63) is 76.7 Å². The lowest BCUT2D eigenvalue weighted by Crippen LogP contribution is -2.24. The molecule has 0 aliphatic heterocycles. The predicted molar refractivity (Wildman–Crippen MR) is 106 cm³/mol. The number of carbonyl (C=O) groups is 1. The first-order valence-corrected chi connectivity index (χ1v) is 8.98. The molecule has 0 aliphatic rings. The first-order valence-electron chi connectivity index (χ1n) is 8.98. The van der Waals surface area contributed by atoms with Crippen LogP contribution in [0.1, 0.15) is 32.9 Å². The quantitative estimate of drug-likeness (QED) is 0.720. The number of amides is 1. The van der Waals surface area contributed by atoms with E-state index in [1.54, 1.807) is 13.8 Å². The highest BCUT2D eigenvalue weighted by molar-refractivity contribution is 5.96. The second-order valence-electron chi connectivity index (χ2n) is 6.97. The van der Waals surface area contributed by atoms with Crippen molar-refractivity contribution in [2.75, 3.05) is 14.1 Å². The molecule has 1 aromatic heterocycles. The van der Waals surface area contributed by atoms with Gasteiger partial charge in [-0.2, -0.15) is 0 Å². The third-order valence-electron chi connectivity index (χ3n) is 4.48. The zero-order valence-corrected chi connectivity index (χ0v) is 16.2. The smallest absolute Gasteiger partial charge is 0.257 e. The molecule has 0 bridgehead atoms. The molecule has 0 fully saturated rings. The van der Waals surface area contributed by atoms with Gasteiger partial charge in [0.15, 0.2) is 0 Å². The lowest BCUT2D eigenvalue weighted by Gasteiger charge is -2.13. The van der Waals surface area contributed by atoms with Crippen LogP contribution in [0.25, 0.3) is 11.1 Å². The molecule has 5 heteroatoms. The maximum Gasteiger partial charge on any atom is 0.257 e. The van der Waals surface area contributed by atoms with Gasteiger partial charge in [0.1, 0.15) is 11.3 Å². The lowest BCUT2D eigenvalue weighted by atomic mass is 9.98. The lowest BCUT2D eigenvalue weighted by molar-refractivity contribution is 0.0949. The zero-order chi connectivity index (χ0) is 19.4. The van der Waals surface area contributed by atoms with Crippen LogP contribution in [0.5, 0.6) is 0 Å². The Hall–Kier alpha value is -2.92. The van der Waals surface area contributed by atoms with Crippen molar-refractivity contribution in [1.29, 1.82) is 0 Å². The number of aryl methyl sites for hydroxylation is 2. The minimum absolute atomic E-state index is 0.164. The van der Waals surface area contributed by atoms with Crippen LogP contribution in [-0.4, -0.2) is 30.1 Å². The molecule has 1 heterocycles. The molecule has 3 rings (SSSR count). The molecule has 0 atom stereocenters. The maximum atomic E-state index is 12.5. The largest absolute Gasteiger partial charge is 0.361 e. The highest BCUT2D eigenvalue weighted by Gasteiger charge is 2.17. The maximum absolute atomic E-state index is 12.5. The Morgan fingerprint density at radius 1 is 1.07 bits per heavy atom. The summed E-state index contributed by atoms with van der Waals surface area (Å²) in [6, 6.07) is 16.7. The summed E-state index contributed by atoms with van der Waals surface area (Å²) in [5.41, 5.74) is 5.72. The van der Waals surface area contributed by atoms with Gasteiger partial charge in [-0.15, -0.1) is 0 Å². The summed E-state index contributed by atoms with van der Waals surface area (Å²) >= 11 is 0. The van der Waals surface area contributed by atoms with Crippen LogP contribution < -0.4 is 5.32 Å². The number of carbonyl (C=O) groups excluding carboxylic acids is 1. The summed E-state index contributed by atoms with van der Waals surface area (Å²) in [5.74, 6) is 0.372. The Kier molecular flexibility index (Phi) is 5.72. The van der Waals surface area contributed by atoms with Crippen molar-refractivity contribution >= 4 is 5.91 Å². The molecule has 140 valence electrons. The van der Waals surface area contributed by atoms with Crippen LogP contribution in [0, 0.1) is 13.8 Å². The zero-order valence-electron chi connectivity index (χ0n) is 16.2. The SMILES string of the molecule is Cc1noc(C)c1C(=O)NCc1ccccc1-c1ccc(CN(C)C)cc1. The average Bonchev–Trinajstić information content (AvgIpc) is 2.99. The number of nitrogens with zero attached hydrogens (tertiary/aromatic N) is 2. The average molecular weight is 363 g/mol. The molecule has 0 unspecified atom stereocenters. The van der Waals surface area contributed by atoms with E-state index in [1.165, 1.54) is 5.56 Å². The molecule has 2 aromatic carbocycles. The minimum Gasteiger partial charge on any atom is -0.361 e. The van der Waals surface area contributed by atoms with Gasteiger partial charge >= 0.3 is 0 Å². The normalized spacial score (nSPS) is 11.0. The number of hydrogen-bond donors (Lipinski definition) is 1. The van der Waals surface area contributed by atoms with Gasteiger partial charge < -0.3 is 14.7 Å². The van der Waals surface area contributed by atoms with Crippen LogP contribution in [0.15, 0.2) is 53.1 Å². The summed E-state index contributed by atoms with van der Waals surface area (Å²) < 4.78 is 5.09. The molecule has 3 aromatic rings. The number of aromatic nitrogens is 1. The third kappa shape index (κ3) is 4.44. The van der Waals surface area contributed by atoms with Gasteiger partial charge in [0.05, 0.1) is 5.69 Å². The van der Waals surface area contributed by atoms with E-state index in [2.05, 4.69) is 59.8 Å². The molecule has 0 aliphatic carbocycles. The van der Waals surface area contributed by atoms with E-state index in [9.17, 15) is 4.79 Å². The Balaban J connectivity index is 1.77. The Morgan fingerprint density at radius 3 is 2.41 bits per heavy atom. The summed E-state index contributed by atoms with van der Waals surface area (Å²) in [7, 11) is 4.12. The standard InChI is InChI=1S/C22H25N3O2/c1-15-21(16(2)27-24-15)22(26)23-13-19-7-5-6-8-20(19)18-11-9-17(10-12-18)14-25(3)4/h5-12H,13-14H2,1-4H3,(H,23,26). The number of rotatable bonds is 6. The topological polar surface area (TPSA) is 58.4 Å². The van der Waals surface area contributed by atoms with Gasteiger partial charge in [0, 0.05) is 13.1 Å². The van der Waals surface area contributed by atoms with Gasteiger partial charge in [-0.25, -0.2) is 0 Å². The van der Waals surface area contributed by atoms with E-state index >= 15 is 0 Å². The van der Waals surface area contributed by atoms with Gasteiger partial charge in [-0.3, -0.25) is 4.79 Å². The number of benzene rings is 2. The van der Waals surface area contributed by atoms with Crippen LogP contribution in [0.4, 0.5) is 0 Å². The Labute approximate surface area is 160 Å². The molecular weight excluding hydrogens is 338 g/mol. The van der Waals surface area contributed by atoms with Crippen LogP contribution >= 0.6 is 0 Å². The fourth-order valence-electron chi connectivity index (χ4n) is 3.18. The van der Waals surface area contributed by atoms with Crippen molar-refractivity contribution in [2.24, 2.45) is 0 Å². The van der Waals surface area contributed by atoms with E-state index < -0.39 is 0 Å². The molecule has 0 saturated carbocycles. The van der Waals surface area contributed by atoms with Crippen molar-refractivity contribution in [3.63, 3.8) is 0 Å². The monoisotopic (exact) mass is 363 g/mol. The molecule has 0 radical (unpaired) electrons. The molecule has 1 amide bonds. The van der Waals surface area contributed by atoms with Gasteiger partial charge in [-0.1, -0.05) is 53.7 Å². The number of nitrogens with one attached hydrogen (secondary N) is 1. The Morgan fingerprint density at radius 2 is 1.78 bits per heavy atom. The van der Waals surface area contributed by atoms with E-state index in [4.69, 9.17) is 4.52 Å². The molecular formula is C22H25N3O2. The van der Waals surface area contributed by atoms with Crippen LogP contribution in [-0.2, 0) is 13.1 Å². The van der Waals surface area contributed by atoms with E-state index in [0.29, 0.717) is 23.6 Å². The fourth-order valence-corrected chi connectivity index (χ4v) is 3.18. The summed E-state index contributed by atoms with van der Waals surface area (Å²) in [6.45, 7) is 4.88. The van der Waals surface area contributed by atoms with Gasteiger partial charge in [-0.05, 0) is 50.2 Å². The fraction of sp³-hybridized carbons (Fsp3) is 0.273. The first-order chi connectivity index (χ1) is 13.0. The highest BCUT2D eigenvalue weighted by Crippen LogP contribution is 2.24. The van der Waals surface area contributed by atoms with E-state index in [1.807, 2.05) is 18.2 Å². The van der Waals surface area contributed by atoms with Crippen molar-refractivity contribution < 1.29 is 9.32 Å². The van der Waals surface area contributed by atoms with Crippen LogP contribution in [0.3, 0.4) is 0 Å². The summed E-state index contributed by atoms with van der Waals surface area (Å²) in [6.07, 6.45) is 0. The summed E-state index contributed by atoms with van der Waals surface area (Å²) in [5, 5.41) is 6.83. The minimum atomic E-state index is -0.164. The molecule has 1 N–H and O–H groups in total. The molecule has 0 spiro atoms. The van der Waals surface area contributed by atoms with Crippen molar-refractivity contribution in [3.8, 4) is 11.1 Å². The van der Waals surface area contributed by atoms with Crippen molar-refractivity contribution in [1.82, 2.24) is 15.4 Å². The van der Waals surface area contributed by atoms with Gasteiger partial charge in [0.2, 0.25) is 0 Å². The second-order valence-corrected chi connectivity index (χ2v) is 6.97. The summed E-state index contributed by atoms with van der Waals surface area (Å²) in [4.78, 5) is 14.6. The molecule has 5 nitrogen and oxygen atoms in total. The highest BCUT2D eigenvalue weighted by atomic mass is 16.5. The molecule has 0 saturated heterocycles. The van der Waals surface area contributed by atoms with Gasteiger partial charge in [0.25, 0.3) is 5.91 Å².